The molecule has 2 rings (SSSR count). The Bertz CT molecular complexity index is 571. The predicted octanol–water partition coefficient (Wildman–Crippen LogP) is 4.16. The number of amides is 1. The van der Waals surface area contributed by atoms with Crippen molar-refractivity contribution in [1.29, 1.82) is 5.26 Å². The maximum atomic E-state index is 12.4. The molecule has 1 fully saturated rings. The number of rotatable bonds is 3. The Hall–Kier alpha value is -1.53. The highest BCUT2D eigenvalue weighted by Crippen LogP contribution is 2.27. The van der Waals surface area contributed by atoms with E-state index in [4.69, 9.17) is 11.6 Å². The van der Waals surface area contributed by atoms with Gasteiger partial charge in [0.05, 0.1) is 16.7 Å². The quantitative estimate of drug-likeness (QED) is 0.911. The van der Waals surface area contributed by atoms with E-state index in [1.807, 2.05) is 13.8 Å². The molecule has 112 valence electrons. The van der Waals surface area contributed by atoms with E-state index in [1.54, 1.807) is 12.1 Å². The number of nitrogens with zero attached hydrogens (tertiary/aromatic N) is 1. The number of nitriles is 1. The third-order valence-corrected chi connectivity index (χ3v) is 4.69. The molecule has 0 bridgehead atoms. The van der Waals surface area contributed by atoms with Crippen molar-refractivity contribution in [2.75, 3.05) is 0 Å². The second kappa shape index (κ2) is 6.95. The van der Waals surface area contributed by atoms with E-state index in [0.29, 0.717) is 10.6 Å². The molecule has 1 unspecified atom stereocenters. The average molecular weight is 305 g/mol. The fraction of sp³-hybridized carbons (Fsp3) is 0.529. The summed E-state index contributed by atoms with van der Waals surface area (Å²) in [6.07, 6.45) is 5.54. The number of halogens is 1. The van der Waals surface area contributed by atoms with E-state index in [0.717, 1.165) is 36.8 Å². The van der Waals surface area contributed by atoms with Crippen LogP contribution in [-0.2, 0) is 0 Å². The Morgan fingerprint density at radius 2 is 1.90 bits per heavy atom. The van der Waals surface area contributed by atoms with Crippen molar-refractivity contribution in [3.8, 4) is 6.07 Å². The van der Waals surface area contributed by atoms with E-state index in [9.17, 15) is 10.1 Å². The van der Waals surface area contributed by atoms with Crippen molar-refractivity contribution in [2.45, 2.75) is 52.0 Å². The molecule has 1 aromatic carbocycles. The minimum Gasteiger partial charge on any atom is -0.336 e. The second-order valence-corrected chi connectivity index (χ2v) is 6.30. The third-order valence-electron chi connectivity index (χ3n) is 4.37. The van der Waals surface area contributed by atoms with Gasteiger partial charge < -0.3 is 5.32 Å². The van der Waals surface area contributed by atoms with Crippen LogP contribution in [0.4, 0.5) is 0 Å². The van der Waals surface area contributed by atoms with Crippen LogP contribution in [0.25, 0.3) is 0 Å². The molecule has 1 amide bonds. The minimum atomic E-state index is -0.421. The van der Waals surface area contributed by atoms with Gasteiger partial charge in [-0.3, -0.25) is 4.79 Å². The summed E-state index contributed by atoms with van der Waals surface area (Å²) in [6, 6.07) is 5.42. The van der Waals surface area contributed by atoms with E-state index in [-0.39, 0.29) is 11.8 Å². The first-order valence-electron chi connectivity index (χ1n) is 7.50. The number of nitrogens with one attached hydrogen (secondary N) is 1. The van der Waals surface area contributed by atoms with Crippen molar-refractivity contribution in [3.05, 3.63) is 33.8 Å². The summed E-state index contributed by atoms with van der Waals surface area (Å²) in [4.78, 5) is 12.4. The van der Waals surface area contributed by atoms with E-state index in [1.165, 1.54) is 6.42 Å². The molecule has 0 spiro atoms. The Labute approximate surface area is 131 Å². The highest BCUT2D eigenvalue weighted by Gasteiger charge is 2.26. The first-order valence-corrected chi connectivity index (χ1v) is 7.88. The number of hydrogen-bond acceptors (Lipinski definition) is 2. The van der Waals surface area contributed by atoms with Gasteiger partial charge in [0.25, 0.3) is 5.91 Å². The van der Waals surface area contributed by atoms with Crippen molar-refractivity contribution in [1.82, 2.24) is 5.32 Å². The van der Waals surface area contributed by atoms with Crippen LogP contribution in [0.5, 0.6) is 0 Å². The van der Waals surface area contributed by atoms with Gasteiger partial charge in [-0.1, -0.05) is 30.9 Å². The zero-order valence-corrected chi connectivity index (χ0v) is 13.3. The normalized spacial score (nSPS) is 17.0. The van der Waals surface area contributed by atoms with Gasteiger partial charge in [0.15, 0.2) is 0 Å². The van der Waals surface area contributed by atoms with E-state index >= 15 is 0 Å². The van der Waals surface area contributed by atoms with Gasteiger partial charge in [-0.25, -0.2) is 0 Å². The Balaban J connectivity index is 2.13. The van der Waals surface area contributed by atoms with Crippen LogP contribution in [0, 0.1) is 31.1 Å². The van der Waals surface area contributed by atoms with Crippen molar-refractivity contribution >= 4 is 17.5 Å². The number of hydrogen-bond donors (Lipinski definition) is 1. The largest absolute Gasteiger partial charge is 0.336 e. The van der Waals surface area contributed by atoms with Crippen LogP contribution in [0.2, 0.25) is 5.02 Å². The summed E-state index contributed by atoms with van der Waals surface area (Å²) >= 11 is 6.17. The predicted molar refractivity (Wildman–Crippen MR) is 84.4 cm³/mol. The molecule has 1 atom stereocenters. The Morgan fingerprint density at radius 1 is 1.29 bits per heavy atom. The van der Waals surface area contributed by atoms with Gasteiger partial charge in [-0.2, -0.15) is 5.26 Å². The molecule has 3 nitrogen and oxygen atoms in total. The molecular weight excluding hydrogens is 284 g/mol. The summed E-state index contributed by atoms with van der Waals surface area (Å²) in [5.41, 5.74) is 2.53. The van der Waals surface area contributed by atoms with Crippen LogP contribution in [0.3, 0.4) is 0 Å². The maximum Gasteiger partial charge on any atom is 0.253 e. The molecule has 4 heteroatoms. The van der Waals surface area contributed by atoms with Crippen LogP contribution >= 0.6 is 11.6 Å². The topological polar surface area (TPSA) is 52.9 Å². The molecule has 0 radical (unpaired) electrons. The van der Waals surface area contributed by atoms with E-state index < -0.39 is 6.04 Å². The molecule has 1 aromatic rings. The Morgan fingerprint density at radius 3 is 2.52 bits per heavy atom. The lowest BCUT2D eigenvalue weighted by atomic mass is 9.84. The SMILES string of the molecule is Cc1cc(Cl)c(C(=O)NC(C#N)C2CCCCC2)cc1C. The number of aryl methyl sites for hydroxylation is 2. The summed E-state index contributed by atoms with van der Waals surface area (Å²) in [5, 5.41) is 12.6. The van der Waals surface area contributed by atoms with E-state index in [2.05, 4.69) is 11.4 Å². The molecule has 0 aromatic heterocycles. The van der Waals surface area contributed by atoms with Crippen molar-refractivity contribution in [3.63, 3.8) is 0 Å². The highest BCUT2D eigenvalue weighted by atomic mass is 35.5. The fourth-order valence-electron chi connectivity index (χ4n) is 2.90. The van der Waals surface area contributed by atoms with Crippen LogP contribution < -0.4 is 5.32 Å². The second-order valence-electron chi connectivity index (χ2n) is 5.89. The zero-order chi connectivity index (χ0) is 15.4. The number of benzene rings is 1. The molecule has 1 aliphatic rings. The van der Waals surface area contributed by atoms with Gasteiger partial charge in [0.1, 0.15) is 6.04 Å². The lowest BCUT2D eigenvalue weighted by Crippen LogP contribution is -2.40. The summed E-state index contributed by atoms with van der Waals surface area (Å²) in [5.74, 6) is 0.0123. The maximum absolute atomic E-state index is 12.4. The molecule has 0 aliphatic heterocycles. The van der Waals surface area contributed by atoms with Crippen LogP contribution in [0.1, 0.15) is 53.6 Å². The molecule has 1 aliphatic carbocycles. The van der Waals surface area contributed by atoms with Gasteiger partial charge in [0, 0.05) is 0 Å². The van der Waals surface area contributed by atoms with Crippen molar-refractivity contribution < 1.29 is 4.79 Å². The highest BCUT2D eigenvalue weighted by molar-refractivity contribution is 6.34. The zero-order valence-electron chi connectivity index (χ0n) is 12.6. The van der Waals surface area contributed by atoms with Gasteiger partial charge >= 0.3 is 0 Å². The smallest absolute Gasteiger partial charge is 0.253 e. The summed E-state index contributed by atoms with van der Waals surface area (Å²) < 4.78 is 0. The standard InChI is InChI=1S/C17H21ClN2O/c1-11-8-14(15(18)9-12(11)2)17(21)20-16(10-19)13-6-4-3-5-7-13/h8-9,13,16H,3-7H2,1-2H3,(H,20,21). The van der Waals surface area contributed by atoms with Crippen molar-refractivity contribution in [2.24, 2.45) is 5.92 Å². The first kappa shape index (κ1) is 15.9. The lowest BCUT2D eigenvalue weighted by molar-refractivity contribution is 0.0929. The van der Waals surface area contributed by atoms with Crippen LogP contribution in [-0.4, -0.2) is 11.9 Å². The molecule has 0 saturated heterocycles. The summed E-state index contributed by atoms with van der Waals surface area (Å²) in [7, 11) is 0. The van der Waals surface area contributed by atoms with Crippen LogP contribution in [0.15, 0.2) is 12.1 Å². The molecule has 1 N–H and O–H groups in total. The fourth-order valence-corrected chi connectivity index (χ4v) is 3.20. The molecule has 0 heterocycles. The first-order chi connectivity index (χ1) is 10.0. The van der Waals surface area contributed by atoms with Gasteiger partial charge in [0.2, 0.25) is 0 Å². The molecular formula is C17H21ClN2O. The third kappa shape index (κ3) is 3.77. The Kier molecular flexibility index (Phi) is 5.25. The number of carbonyl (C=O) groups is 1. The average Bonchev–Trinajstić information content (AvgIpc) is 2.49. The molecule has 1 saturated carbocycles. The summed E-state index contributed by atoms with van der Waals surface area (Å²) in [6.45, 7) is 3.91. The number of carbonyl (C=O) groups excluding carboxylic acids is 1. The van der Waals surface area contributed by atoms with Gasteiger partial charge in [-0.05, 0) is 55.9 Å². The molecule has 21 heavy (non-hydrogen) atoms. The lowest BCUT2D eigenvalue weighted by Gasteiger charge is -2.26. The van der Waals surface area contributed by atoms with Gasteiger partial charge in [-0.15, -0.1) is 0 Å². The monoisotopic (exact) mass is 304 g/mol. The minimum absolute atomic E-state index is 0.250.